The minimum Gasteiger partial charge on any atom is -0.308 e. The van der Waals surface area contributed by atoms with Gasteiger partial charge in [0.15, 0.2) is 0 Å². The van der Waals surface area contributed by atoms with Gasteiger partial charge < -0.3 is 5.41 Å². The molecule has 0 bridgehead atoms. The molecule has 2 rings (SSSR count). The summed E-state index contributed by atoms with van der Waals surface area (Å²) in [5, 5.41) is 8.06. The molecule has 1 aromatic carbocycles. The van der Waals surface area contributed by atoms with E-state index in [0.717, 1.165) is 28.8 Å². The predicted molar refractivity (Wildman–Crippen MR) is 86.7 cm³/mol. The molecule has 0 spiro atoms. The molecule has 0 radical (unpaired) electrons. The van der Waals surface area contributed by atoms with E-state index in [9.17, 15) is 0 Å². The number of rotatable bonds is 2. The molecule has 100 valence electrons. The lowest BCUT2D eigenvalue weighted by molar-refractivity contribution is 0.775. The topological polar surface area (TPSA) is 23.9 Å². The molecule has 3 heteroatoms. The summed E-state index contributed by atoms with van der Waals surface area (Å²) < 4.78 is 0.822. The van der Waals surface area contributed by atoms with Crippen LogP contribution in [0.3, 0.4) is 0 Å². The van der Waals surface area contributed by atoms with Gasteiger partial charge in [-0.15, -0.1) is 0 Å². The molecule has 0 amide bonds. The third kappa shape index (κ3) is 3.80. The monoisotopic (exact) mass is 337 g/mol. The molecular weight excluding hydrogens is 322 g/mol. The summed E-state index contributed by atoms with van der Waals surface area (Å²) in [7, 11) is 0. The quantitative estimate of drug-likeness (QED) is 0.675. The van der Waals surface area contributed by atoms with Crippen LogP contribution in [0, 0.1) is 5.41 Å². The summed E-state index contributed by atoms with van der Waals surface area (Å²) in [6.45, 7) is 2.21. The highest BCUT2D eigenvalue weighted by Crippen LogP contribution is 2.30. The Labute approximate surface area is 128 Å². The number of benzene rings is 1. The van der Waals surface area contributed by atoms with E-state index in [2.05, 4.69) is 41.1 Å². The van der Waals surface area contributed by atoms with Gasteiger partial charge in [0, 0.05) is 15.7 Å². The lowest BCUT2D eigenvalue weighted by Gasteiger charge is -2.18. The molecule has 1 aromatic rings. The van der Waals surface area contributed by atoms with E-state index >= 15 is 0 Å². The average molecular weight is 339 g/mol. The third-order valence-corrected chi connectivity index (χ3v) is 4.13. The Kier molecular flexibility index (Phi) is 5.00. The zero-order valence-electron chi connectivity index (χ0n) is 10.9. The largest absolute Gasteiger partial charge is 0.308 e. The highest BCUT2D eigenvalue weighted by Gasteiger charge is 2.13. The first-order chi connectivity index (χ1) is 9.10. The maximum absolute atomic E-state index is 7.23. The Morgan fingerprint density at radius 2 is 2.21 bits per heavy atom. The maximum Gasteiger partial charge on any atom is 0.0408 e. The van der Waals surface area contributed by atoms with Crippen LogP contribution >= 0.6 is 27.5 Å². The number of aryl methyl sites for hydroxylation is 1. The summed E-state index contributed by atoms with van der Waals surface area (Å²) in [5.41, 5.74) is 4.02. The maximum atomic E-state index is 7.23. The molecule has 1 aliphatic carbocycles. The van der Waals surface area contributed by atoms with Crippen LogP contribution in [0.1, 0.15) is 36.8 Å². The molecule has 0 fully saturated rings. The molecule has 1 N–H and O–H groups in total. The number of nitrogens with one attached hydrogen (secondary N) is 1. The Balaban J connectivity index is 2.36. The van der Waals surface area contributed by atoms with Gasteiger partial charge in [-0.2, -0.15) is 0 Å². The SMILES string of the molecule is CC1/C=C(/C=C(/Br)C=N)CCCc2cc(Cl)ccc21. The molecule has 0 aromatic heterocycles. The second-order valence-corrected chi connectivity index (χ2v) is 6.25. The van der Waals surface area contributed by atoms with Gasteiger partial charge in [0.2, 0.25) is 0 Å². The van der Waals surface area contributed by atoms with Crippen molar-refractivity contribution in [1.82, 2.24) is 0 Å². The van der Waals surface area contributed by atoms with Gasteiger partial charge in [-0.3, -0.25) is 0 Å². The average Bonchev–Trinajstić information content (AvgIpc) is 2.36. The van der Waals surface area contributed by atoms with Crippen molar-refractivity contribution < 1.29 is 0 Å². The van der Waals surface area contributed by atoms with E-state index in [-0.39, 0.29) is 0 Å². The van der Waals surface area contributed by atoms with Crippen molar-refractivity contribution in [1.29, 1.82) is 5.41 Å². The van der Waals surface area contributed by atoms with Crippen molar-refractivity contribution in [3.8, 4) is 0 Å². The highest BCUT2D eigenvalue weighted by atomic mass is 79.9. The lowest BCUT2D eigenvalue weighted by atomic mass is 9.87. The van der Waals surface area contributed by atoms with Crippen LogP contribution in [0.5, 0.6) is 0 Å². The highest BCUT2D eigenvalue weighted by molar-refractivity contribution is 9.12. The molecule has 19 heavy (non-hydrogen) atoms. The molecule has 0 saturated heterocycles. The molecule has 0 saturated carbocycles. The van der Waals surface area contributed by atoms with Crippen LogP contribution in [0.2, 0.25) is 5.02 Å². The summed E-state index contributed by atoms with van der Waals surface area (Å²) in [5.74, 6) is 0.379. The number of halogens is 2. The predicted octanol–water partition coefficient (Wildman–Crippen LogP) is 5.63. The molecule has 1 nitrogen and oxygen atoms in total. The van der Waals surface area contributed by atoms with Crippen molar-refractivity contribution in [3.63, 3.8) is 0 Å². The lowest BCUT2D eigenvalue weighted by Crippen LogP contribution is -2.02. The number of fused-ring (bicyclic) bond motifs is 1. The number of hydrogen-bond donors (Lipinski definition) is 1. The van der Waals surface area contributed by atoms with Crippen LogP contribution in [0.4, 0.5) is 0 Å². The fourth-order valence-electron chi connectivity index (χ4n) is 2.55. The van der Waals surface area contributed by atoms with E-state index in [0.29, 0.717) is 5.92 Å². The van der Waals surface area contributed by atoms with Crippen molar-refractivity contribution in [2.45, 2.75) is 32.1 Å². The fraction of sp³-hybridized carbons (Fsp3) is 0.312. The van der Waals surface area contributed by atoms with Crippen LogP contribution in [-0.2, 0) is 6.42 Å². The third-order valence-electron chi connectivity index (χ3n) is 3.43. The first kappa shape index (κ1) is 14.5. The van der Waals surface area contributed by atoms with Crippen molar-refractivity contribution in [3.05, 3.63) is 56.6 Å². The van der Waals surface area contributed by atoms with E-state index in [4.69, 9.17) is 17.0 Å². The van der Waals surface area contributed by atoms with E-state index in [1.165, 1.54) is 22.9 Å². The van der Waals surface area contributed by atoms with Gasteiger partial charge in [0.05, 0.1) is 0 Å². The van der Waals surface area contributed by atoms with Crippen molar-refractivity contribution >= 4 is 33.7 Å². The second kappa shape index (κ2) is 6.53. The Bertz CT molecular complexity index is 546. The molecule has 1 atom stereocenters. The Hall–Kier alpha value is -0.860. The van der Waals surface area contributed by atoms with E-state index in [1.54, 1.807) is 0 Å². The minimum absolute atomic E-state index is 0.379. The summed E-state index contributed by atoms with van der Waals surface area (Å²) in [4.78, 5) is 0. The molecular formula is C16H17BrClN. The van der Waals surface area contributed by atoms with Gasteiger partial charge in [0.1, 0.15) is 0 Å². The number of allylic oxidation sites excluding steroid dienone is 4. The summed E-state index contributed by atoms with van der Waals surface area (Å²) in [6, 6.07) is 6.20. The standard InChI is InChI=1S/C16H17BrClN/c1-11-7-12(8-14(17)10-19)3-2-4-13-9-15(18)5-6-16(11)13/h5-11,19H,2-4H2,1H3/b12-7+,14-8+,19-10?. The van der Waals surface area contributed by atoms with Gasteiger partial charge >= 0.3 is 0 Å². The van der Waals surface area contributed by atoms with Crippen LogP contribution in [0.25, 0.3) is 0 Å². The smallest absolute Gasteiger partial charge is 0.0408 e. The van der Waals surface area contributed by atoms with E-state index in [1.807, 2.05) is 12.1 Å². The van der Waals surface area contributed by atoms with Gasteiger partial charge in [-0.05, 0) is 70.4 Å². The van der Waals surface area contributed by atoms with Crippen molar-refractivity contribution in [2.75, 3.05) is 0 Å². The summed E-state index contributed by atoms with van der Waals surface area (Å²) in [6.07, 6.45) is 8.88. The van der Waals surface area contributed by atoms with Crippen LogP contribution in [-0.4, -0.2) is 6.21 Å². The normalized spacial score (nSPS) is 22.8. The van der Waals surface area contributed by atoms with E-state index < -0.39 is 0 Å². The molecule has 0 heterocycles. The summed E-state index contributed by atoms with van der Waals surface area (Å²) >= 11 is 9.46. The number of hydrogen-bond acceptors (Lipinski definition) is 1. The van der Waals surface area contributed by atoms with Gasteiger partial charge in [-0.1, -0.05) is 36.2 Å². The van der Waals surface area contributed by atoms with Crippen molar-refractivity contribution in [2.24, 2.45) is 0 Å². The molecule has 1 aliphatic rings. The molecule has 0 aliphatic heterocycles. The Morgan fingerprint density at radius 3 is 2.95 bits per heavy atom. The zero-order valence-corrected chi connectivity index (χ0v) is 13.3. The Morgan fingerprint density at radius 1 is 1.42 bits per heavy atom. The first-order valence-corrected chi connectivity index (χ1v) is 7.64. The fourth-order valence-corrected chi connectivity index (χ4v) is 3.04. The second-order valence-electron chi connectivity index (χ2n) is 4.90. The zero-order chi connectivity index (χ0) is 13.8. The van der Waals surface area contributed by atoms with Gasteiger partial charge in [-0.25, -0.2) is 0 Å². The van der Waals surface area contributed by atoms with Gasteiger partial charge in [0.25, 0.3) is 0 Å². The van der Waals surface area contributed by atoms with Crippen LogP contribution in [0.15, 0.2) is 40.4 Å². The first-order valence-electron chi connectivity index (χ1n) is 6.47. The minimum atomic E-state index is 0.379. The molecule has 1 unspecified atom stereocenters. The van der Waals surface area contributed by atoms with Crippen LogP contribution < -0.4 is 0 Å².